The number of rotatable bonds is 64. The summed E-state index contributed by atoms with van der Waals surface area (Å²) in [5.74, 6) is -0.587. The molecule has 0 aromatic heterocycles. The van der Waals surface area contributed by atoms with Crippen molar-refractivity contribution < 1.29 is 37.3 Å². The summed E-state index contributed by atoms with van der Waals surface area (Å²) in [4.78, 5) is 40.1. The zero-order valence-electron chi connectivity index (χ0n) is 56.3. The predicted octanol–water partition coefficient (Wildman–Crippen LogP) is 22.0. The highest BCUT2D eigenvalue weighted by molar-refractivity contribution is 7.45. The highest BCUT2D eigenvalue weighted by Gasteiger charge is 2.27. The number of ether oxygens (including phenoxy) is 1. The van der Waals surface area contributed by atoms with Crippen molar-refractivity contribution in [3.8, 4) is 0 Å². The van der Waals surface area contributed by atoms with Crippen molar-refractivity contribution in [2.24, 2.45) is 0 Å². The third-order valence-electron chi connectivity index (χ3n) is 15.5. The Bertz CT molecular complexity index is 1780. The van der Waals surface area contributed by atoms with Crippen LogP contribution in [0, 0.1) is 0 Å². The lowest BCUT2D eigenvalue weighted by atomic mass is 10.0. The van der Waals surface area contributed by atoms with Crippen molar-refractivity contribution in [1.82, 2.24) is 5.32 Å². The molecule has 85 heavy (non-hydrogen) atoms. The topological polar surface area (TPSA) is 114 Å². The van der Waals surface area contributed by atoms with E-state index in [1.54, 1.807) is 0 Å². The lowest BCUT2D eigenvalue weighted by Crippen LogP contribution is -2.47. The molecule has 0 aromatic rings. The van der Waals surface area contributed by atoms with E-state index in [1.165, 1.54) is 186 Å². The van der Waals surface area contributed by atoms with Gasteiger partial charge in [0.1, 0.15) is 19.3 Å². The normalized spacial score (nSPS) is 14.1. The molecule has 10 heteroatoms. The number of nitrogens with one attached hydrogen (secondary N) is 1. The average molecular weight is 1210 g/mol. The van der Waals surface area contributed by atoms with Crippen LogP contribution in [-0.4, -0.2) is 69.4 Å². The molecule has 1 amide bonds. The zero-order chi connectivity index (χ0) is 62.1. The molecule has 3 atom stereocenters. The van der Waals surface area contributed by atoms with Gasteiger partial charge in [0.05, 0.1) is 33.8 Å². The minimum atomic E-state index is -4.72. The van der Waals surface area contributed by atoms with Gasteiger partial charge in [-0.15, -0.1) is 0 Å². The van der Waals surface area contributed by atoms with Crippen LogP contribution in [0.25, 0.3) is 0 Å². The molecule has 0 saturated carbocycles. The van der Waals surface area contributed by atoms with E-state index in [-0.39, 0.29) is 24.9 Å². The Morgan fingerprint density at radius 1 is 0.424 bits per heavy atom. The quantitative estimate of drug-likeness (QED) is 0.0212. The molecular formula is C75H135N2O7P. The fourth-order valence-corrected chi connectivity index (χ4v) is 10.8. The van der Waals surface area contributed by atoms with Gasteiger partial charge in [-0.05, 0) is 109 Å². The number of hydrogen-bond acceptors (Lipinski definition) is 7. The first-order valence-corrected chi connectivity index (χ1v) is 37.0. The third-order valence-corrected chi connectivity index (χ3v) is 16.5. The number of esters is 1. The summed E-state index contributed by atoms with van der Waals surface area (Å²) in [5, 5.41) is 3.03. The van der Waals surface area contributed by atoms with Crippen molar-refractivity contribution in [2.75, 3.05) is 40.9 Å². The van der Waals surface area contributed by atoms with Gasteiger partial charge < -0.3 is 28.5 Å². The minimum absolute atomic E-state index is 0.0324. The van der Waals surface area contributed by atoms with Crippen molar-refractivity contribution in [2.45, 2.75) is 328 Å². The molecular weight excluding hydrogens is 1070 g/mol. The second-order valence-electron chi connectivity index (χ2n) is 25.0. The van der Waals surface area contributed by atoms with E-state index < -0.39 is 26.6 Å². The Labute approximate surface area is 526 Å². The van der Waals surface area contributed by atoms with Crippen LogP contribution in [0.5, 0.6) is 0 Å². The van der Waals surface area contributed by atoms with Crippen LogP contribution in [0.3, 0.4) is 0 Å². The first kappa shape index (κ1) is 81.9. The van der Waals surface area contributed by atoms with Crippen LogP contribution in [0.15, 0.2) is 97.2 Å². The smallest absolute Gasteiger partial charge is 0.306 e. The number of carbonyl (C=O) groups excluding carboxylic acids is 2. The van der Waals surface area contributed by atoms with E-state index >= 15 is 0 Å². The number of carbonyl (C=O) groups is 2. The van der Waals surface area contributed by atoms with E-state index in [0.717, 1.165) is 89.9 Å². The summed E-state index contributed by atoms with van der Waals surface area (Å²) in [6, 6.07) is -0.911. The number of allylic oxidation sites excluding steroid dienone is 15. The number of unbranched alkanes of at least 4 members (excludes halogenated alkanes) is 34. The van der Waals surface area contributed by atoms with E-state index in [1.807, 2.05) is 33.3 Å². The number of phosphoric ester groups is 1. The summed E-state index contributed by atoms with van der Waals surface area (Å²) in [7, 11) is 1.16. The number of phosphoric acid groups is 1. The summed E-state index contributed by atoms with van der Waals surface area (Å²) in [6.45, 7) is 6.71. The van der Waals surface area contributed by atoms with Crippen molar-refractivity contribution >= 4 is 19.7 Å². The Morgan fingerprint density at radius 2 is 0.753 bits per heavy atom. The molecule has 0 fully saturated rings. The Hall–Kier alpha value is -3.07. The predicted molar refractivity (Wildman–Crippen MR) is 367 cm³/mol. The summed E-state index contributed by atoms with van der Waals surface area (Å²) >= 11 is 0. The molecule has 0 rings (SSSR count). The maximum absolute atomic E-state index is 13.6. The van der Waals surface area contributed by atoms with Crippen molar-refractivity contribution in [3.63, 3.8) is 0 Å². The Morgan fingerprint density at radius 3 is 1.15 bits per heavy atom. The standard InChI is InChI=1S/C75H135N2O7P/c1-7-10-13-16-19-22-25-27-29-31-33-35-36-37-38-39-40-42-43-45-47-49-52-55-58-61-64-67-74(78)76-72(71-83-85(80,81)82-70-69-77(4,5)6)73(66-63-60-57-54-51-24-21-18-15-12-9-3)84-75(79)68-65-62-59-56-53-50-48-46-44-41-34-32-30-28-26-23-20-17-14-11-8-2/h11,14,20,23,27-30,34,41,46,48,53,56,63,66,72-73H,7-10,12-13,15-19,21-22,24-26,31-33,35-40,42-45,47,49-52,54-55,57-62,64-65,67-71H2,1-6H3,(H-,76,78,80,81)/b14-11-,23-20-,29-27+,30-28-,41-34-,48-46-,56-53-,66-63-. The Balaban J connectivity index is 5.05. The van der Waals surface area contributed by atoms with Crippen LogP contribution in [0.1, 0.15) is 316 Å². The fourth-order valence-electron chi connectivity index (χ4n) is 10.1. The summed E-state index contributed by atoms with van der Waals surface area (Å²) in [5.41, 5.74) is 0. The molecule has 9 nitrogen and oxygen atoms in total. The van der Waals surface area contributed by atoms with Gasteiger partial charge >= 0.3 is 5.97 Å². The van der Waals surface area contributed by atoms with Gasteiger partial charge in [0.15, 0.2) is 0 Å². The third kappa shape index (κ3) is 65.2. The van der Waals surface area contributed by atoms with E-state index in [9.17, 15) is 19.0 Å². The molecule has 3 unspecified atom stereocenters. The molecule has 0 aromatic carbocycles. The number of quaternary nitrogens is 1. The molecule has 0 bridgehead atoms. The van der Waals surface area contributed by atoms with E-state index in [0.29, 0.717) is 23.9 Å². The summed E-state index contributed by atoms with van der Waals surface area (Å²) in [6.07, 6.45) is 86.9. The second kappa shape index (κ2) is 63.9. The van der Waals surface area contributed by atoms with Gasteiger partial charge in [0.25, 0.3) is 7.82 Å². The molecule has 492 valence electrons. The molecule has 0 heterocycles. The zero-order valence-corrected chi connectivity index (χ0v) is 57.2. The minimum Gasteiger partial charge on any atom is -0.756 e. The second-order valence-corrected chi connectivity index (χ2v) is 26.4. The lowest BCUT2D eigenvalue weighted by Gasteiger charge is -2.30. The van der Waals surface area contributed by atoms with Crippen LogP contribution in [0.2, 0.25) is 0 Å². The maximum atomic E-state index is 13.6. The largest absolute Gasteiger partial charge is 0.756 e. The van der Waals surface area contributed by atoms with E-state index in [4.69, 9.17) is 13.8 Å². The van der Waals surface area contributed by atoms with Gasteiger partial charge in [0.2, 0.25) is 5.91 Å². The first-order valence-electron chi connectivity index (χ1n) is 35.5. The fraction of sp³-hybridized carbons (Fsp3) is 0.760. The molecule has 0 saturated heterocycles. The monoisotopic (exact) mass is 1210 g/mol. The van der Waals surface area contributed by atoms with Crippen LogP contribution in [0.4, 0.5) is 0 Å². The lowest BCUT2D eigenvalue weighted by molar-refractivity contribution is -0.870. The molecule has 0 spiro atoms. The van der Waals surface area contributed by atoms with E-state index in [2.05, 4.69) is 111 Å². The van der Waals surface area contributed by atoms with Crippen LogP contribution >= 0.6 is 7.82 Å². The molecule has 0 aliphatic heterocycles. The van der Waals surface area contributed by atoms with Gasteiger partial charge in [0, 0.05) is 12.8 Å². The Kier molecular flexibility index (Phi) is 61.6. The van der Waals surface area contributed by atoms with Gasteiger partial charge in [-0.25, -0.2) is 0 Å². The van der Waals surface area contributed by atoms with Crippen molar-refractivity contribution in [3.05, 3.63) is 97.2 Å². The number of hydrogen-bond donors (Lipinski definition) is 1. The number of likely N-dealkylation sites (N-methyl/N-ethyl adjacent to an activating group) is 1. The molecule has 1 N–H and O–H groups in total. The number of nitrogens with zero attached hydrogens (tertiary/aromatic N) is 1. The highest BCUT2D eigenvalue weighted by atomic mass is 31.2. The molecule has 0 aliphatic rings. The number of amides is 1. The first-order chi connectivity index (χ1) is 41.4. The van der Waals surface area contributed by atoms with Crippen LogP contribution < -0.4 is 10.2 Å². The summed E-state index contributed by atoms with van der Waals surface area (Å²) < 4.78 is 30.4. The highest BCUT2D eigenvalue weighted by Crippen LogP contribution is 2.38. The van der Waals surface area contributed by atoms with Crippen molar-refractivity contribution in [1.29, 1.82) is 0 Å². The van der Waals surface area contributed by atoms with Gasteiger partial charge in [-0.1, -0.05) is 292 Å². The van der Waals surface area contributed by atoms with Gasteiger partial charge in [-0.2, -0.15) is 0 Å². The van der Waals surface area contributed by atoms with Gasteiger partial charge in [-0.3, -0.25) is 14.2 Å². The molecule has 0 aliphatic carbocycles. The van der Waals surface area contributed by atoms with Crippen LogP contribution in [-0.2, 0) is 27.9 Å². The average Bonchev–Trinajstić information content (AvgIpc) is 3.63. The maximum Gasteiger partial charge on any atom is 0.306 e. The SMILES string of the molecule is CC/C=C\C/C=C\C/C=C\C/C=C\C/C=C\C/C=C\CCCCC(=O)OC(/C=C\CCCCCCCCCCC)C(COP(=O)([O-])OCC[N+](C)(C)C)NC(=O)CCCCCCCCCCCCCCCCCCC/C=C/CCCCCCCC. The molecule has 0 radical (unpaired) electrons.